The van der Waals surface area contributed by atoms with Gasteiger partial charge in [0.15, 0.2) is 5.69 Å². The Balaban J connectivity index is 1.96. The molecular formula is C22H24N2O3S. The fourth-order valence-corrected chi connectivity index (χ4v) is 3.77. The molecule has 146 valence electrons. The van der Waals surface area contributed by atoms with Gasteiger partial charge in [0.1, 0.15) is 0 Å². The van der Waals surface area contributed by atoms with Crippen molar-refractivity contribution in [2.24, 2.45) is 5.92 Å². The number of thioether (sulfide) groups is 1. The van der Waals surface area contributed by atoms with Crippen molar-refractivity contribution >= 4 is 17.7 Å². The summed E-state index contributed by atoms with van der Waals surface area (Å²) in [6.45, 7) is 4.84. The van der Waals surface area contributed by atoms with Gasteiger partial charge in [-0.05, 0) is 46.6 Å². The largest absolute Gasteiger partial charge is 0.476 e. The van der Waals surface area contributed by atoms with Crippen LogP contribution >= 0.6 is 11.8 Å². The molecule has 2 N–H and O–H groups in total. The lowest BCUT2D eigenvalue weighted by atomic mass is 10.0. The van der Waals surface area contributed by atoms with Crippen molar-refractivity contribution in [3.05, 3.63) is 59.8 Å². The third kappa shape index (κ3) is 4.29. The molecule has 0 atom stereocenters. The molecule has 1 aromatic heterocycles. The summed E-state index contributed by atoms with van der Waals surface area (Å²) in [5.74, 6) is -0.663. The Bertz CT molecular complexity index is 978. The molecular weight excluding hydrogens is 372 g/mol. The molecule has 2 aromatic carbocycles. The van der Waals surface area contributed by atoms with Crippen molar-refractivity contribution in [1.82, 2.24) is 9.78 Å². The number of aromatic nitrogens is 2. The first-order chi connectivity index (χ1) is 13.4. The van der Waals surface area contributed by atoms with E-state index in [4.69, 9.17) is 0 Å². The highest BCUT2D eigenvalue weighted by Crippen LogP contribution is 2.30. The molecule has 0 aliphatic heterocycles. The summed E-state index contributed by atoms with van der Waals surface area (Å²) in [6, 6.07) is 15.7. The van der Waals surface area contributed by atoms with Crippen molar-refractivity contribution in [3.8, 4) is 22.4 Å². The molecule has 0 saturated heterocycles. The minimum atomic E-state index is -1.02. The van der Waals surface area contributed by atoms with E-state index in [0.717, 1.165) is 32.8 Å². The molecule has 5 nitrogen and oxygen atoms in total. The van der Waals surface area contributed by atoms with Crippen LogP contribution in [0.25, 0.3) is 22.4 Å². The zero-order valence-corrected chi connectivity index (χ0v) is 17.0. The number of carboxylic acids is 1. The molecule has 0 radical (unpaired) electrons. The average Bonchev–Trinajstić information content (AvgIpc) is 3.11. The summed E-state index contributed by atoms with van der Waals surface area (Å²) in [5.41, 5.74) is 4.86. The van der Waals surface area contributed by atoms with E-state index in [1.165, 1.54) is 0 Å². The van der Waals surface area contributed by atoms with Crippen molar-refractivity contribution in [3.63, 3.8) is 0 Å². The number of nitrogens with zero attached hydrogens (tertiary/aromatic N) is 2. The SMILES string of the molecule is CSc1cc(-c2ccc(-c3cc(C(=O)O)nn3CC(C)C)cc2)ccc1CO. The second-order valence-corrected chi connectivity index (χ2v) is 7.91. The molecule has 0 fully saturated rings. The molecule has 0 aliphatic carbocycles. The predicted molar refractivity (Wildman–Crippen MR) is 113 cm³/mol. The van der Waals surface area contributed by atoms with E-state index in [-0.39, 0.29) is 12.3 Å². The van der Waals surface area contributed by atoms with Gasteiger partial charge in [-0.25, -0.2) is 4.79 Å². The number of rotatable bonds is 7. The number of carboxylic acid groups (broad SMARTS) is 1. The second-order valence-electron chi connectivity index (χ2n) is 7.06. The molecule has 3 rings (SSSR count). The van der Waals surface area contributed by atoms with Gasteiger partial charge < -0.3 is 10.2 Å². The molecule has 0 unspecified atom stereocenters. The minimum Gasteiger partial charge on any atom is -0.476 e. The van der Waals surface area contributed by atoms with E-state index in [9.17, 15) is 15.0 Å². The molecule has 1 heterocycles. The van der Waals surface area contributed by atoms with Crippen LogP contribution in [0.3, 0.4) is 0 Å². The van der Waals surface area contributed by atoms with Crippen LogP contribution in [0.2, 0.25) is 0 Å². The third-order valence-electron chi connectivity index (χ3n) is 4.51. The fraction of sp³-hybridized carbons (Fsp3) is 0.273. The van der Waals surface area contributed by atoms with E-state index in [0.29, 0.717) is 12.5 Å². The van der Waals surface area contributed by atoms with E-state index < -0.39 is 5.97 Å². The van der Waals surface area contributed by atoms with Crippen LogP contribution in [0.4, 0.5) is 0 Å². The normalized spacial score (nSPS) is 11.2. The molecule has 0 saturated carbocycles. The first-order valence-electron chi connectivity index (χ1n) is 9.12. The highest BCUT2D eigenvalue weighted by molar-refractivity contribution is 7.98. The van der Waals surface area contributed by atoms with Gasteiger partial charge in [-0.2, -0.15) is 5.10 Å². The summed E-state index contributed by atoms with van der Waals surface area (Å²) in [5, 5.41) is 23.0. The Morgan fingerprint density at radius 2 is 1.71 bits per heavy atom. The lowest BCUT2D eigenvalue weighted by molar-refractivity contribution is 0.0689. The number of hydrogen-bond donors (Lipinski definition) is 2. The fourth-order valence-electron chi connectivity index (χ4n) is 3.13. The van der Waals surface area contributed by atoms with Crippen molar-refractivity contribution < 1.29 is 15.0 Å². The van der Waals surface area contributed by atoms with Crippen LogP contribution in [0, 0.1) is 5.92 Å². The monoisotopic (exact) mass is 396 g/mol. The summed E-state index contributed by atoms with van der Waals surface area (Å²) in [6.07, 6.45) is 2.00. The predicted octanol–water partition coefficient (Wildman–Crippen LogP) is 4.79. The Labute approximate surface area is 169 Å². The van der Waals surface area contributed by atoms with Gasteiger partial charge in [-0.3, -0.25) is 4.68 Å². The molecule has 28 heavy (non-hydrogen) atoms. The van der Waals surface area contributed by atoms with Crippen molar-refractivity contribution in [2.75, 3.05) is 6.26 Å². The maximum absolute atomic E-state index is 11.3. The van der Waals surface area contributed by atoms with Crippen LogP contribution < -0.4 is 0 Å². The number of aromatic carboxylic acids is 1. The van der Waals surface area contributed by atoms with Crippen LogP contribution in [-0.4, -0.2) is 32.2 Å². The third-order valence-corrected chi connectivity index (χ3v) is 5.33. The van der Waals surface area contributed by atoms with Crippen LogP contribution in [0.5, 0.6) is 0 Å². The second kappa shape index (κ2) is 8.63. The summed E-state index contributed by atoms with van der Waals surface area (Å²) >= 11 is 1.61. The highest BCUT2D eigenvalue weighted by atomic mass is 32.2. The molecule has 6 heteroatoms. The van der Waals surface area contributed by atoms with Gasteiger partial charge in [-0.1, -0.05) is 50.2 Å². The van der Waals surface area contributed by atoms with E-state index in [1.54, 1.807) is 22.5 Å². The summed E-state index contributed by atoms with van der Waals surface area (Å²) in [7, 11) is 0. The number of carbonyl (C=O) groups is 1. The van der Waals surface area contributed by atoms with Crippen molar-refractivity contribution in [1.29, 1.82) is 0 Å². The topological polar surface area (TPSA) is 75.3 Å². The number of hydrogen-bond acceptors (Lipinski definition) is 4. The van der Waals surface area contributed by atoms with Gasteiger partial charge >= 0.3 is 5.97 Å². The Hall–Kier alpha value is -2.57. The Morgan fingerprint density at radius 3 is 2.29 bits per heavy atom. The van der Waals surface area contributed by atoms with Gasteiger partial charge in [0.25, 0.3) is 0 Å². The molecule has 3 aromatic rings. The highest BCUT2D eigenvalue weighted by Gasteiger charge is 2.15. The quantitative estimate of drug-likeness (QED) is 0.562. The lowest BCUT2D eigenvalue weighted by Crippen LogP contribution is -2.09. The van der Waals surface area contributed by atoms with Crippen molar-refractivity contribution in [2.45, 2.75) is 31.9 Å². The molecule has 0 aliphatic rings. The molecule has 0 spiro atoms. The van der Waals surface area contributed by atoms with Crippen LogP contribution in [0.1, 0.15) is 29.9 Å². The minimum absolute atomic E-state index is 0.0289. The van der Waals surface area contributed by atoms with E-state index >= 15 is 0 Å². The van der Waals surface area contributed by atoms with Gasteiger partial charge in [0, 0.05) is 11.4 Å². The van der Waals surface area contributed by atoms with E-state index in [2.05, 4.69) is 25.0 Å². The number of aliphatic hydroxyl groups excluding tert-OH is 1. The number of benzene rings is 2. The van der Waals surface area contributed by atoms with Crippen LogP contribution in [0.15, 0.2) is 53.4 Å². The maximum atomic E-state index is 11.3. The lowest BCUT2D eigenvalue weighted by Gasteiger charge is -2.11. The van der Waals surface area contributed by atoms with Gasteiger partial charge in [0.05, 0.1) is 12.3 Å². The Morgan fingerprint density at radius 1 is 1.07 bits per heavy atom. The van der Waals surface area contributed by atoms with E-state index in [1.807, 2.05) is 42.7 Å². The van der Waals surface area contributed by atoms with Crippen LogP contribution in [-0.2, 0) is 13.2 Å². The summed E-state index contributed by atoms with van der Waals surface area (Å²) < 4.78 is 1.77. The first-order valence-corrected chi connectivity index (χ1v) is 10.3. The maximum Gasteiger partial charge on any atom is 0.356 e. The zero-order valence-electron chi connectivity index (χ0n) is 16.2. The smallest absolute Gasteiger partial charge is 0.356 e. The summed E-state index contributed by atoms with van der Waals surface area (Å²) in [4.78, 5) is 12.4. The molecule has 0 bridgehead atoms. The average molecular weight is 397 g/mol. The Kier molecular flexibility index (Phi) is 6.21. The number of aliphatic hydroxyl groups is 1. The standard InChI is InChI=1S/C22H24N2O3S/c1-14(2)12-24-20(11-19(23-24)22(26)27)16-6-4-15(5-7-16)17-8-9-18(13-25)21(10-17)28-3/h4-11,14,25H,12-13H2,1-3H3,(H,26,27). The van der Waals surface area contributed by atoms with Gasteiger partial charge in [-0.15, -0.1) is 11.8 Å². The zero-order chi connectivity index (χ0) is 20.3. The first kappa shape index (κ1) is 20.2. The molecule has 0 amide bonds. The van der Waals surface area contributed by atoms with Gasteiger partial charge in [0.2, 0.25) is 0 Å².